The molecule has 0 bridgehead atoms. The van der Waals surface area contributed by atoms with Crippen molar-refractivity contribution in [1.82, 2.24) is 15.0 Å². The Labute approximate surface area is 138 Å². The van der Waals surface area contributed by atoms with Gasteiger partial charge in [0.15, 0.2) is 0 Å². The van der Waals surface area contributed by atoms with Crippen LogP contribution in [0.15, 0.2) is 27.7 Å². The fourth-order valence-electron chi connectivity index (χ4n) is 2.62. The second-order valence-electron chi connectivity index (χ2n) is 4.99. The summed E-state index contributed by atoms with van der Waals surface area (Å²) in [7, 11) is 0. The third-order valence-electron chi connectivity index (χ3n) is 3.61. The van der Waals surface area contributed by atoms with Crippen LogP contribution in [0, 0.1) is 3.57 Å². The number of H-pyrrole nitrogens is 1. The van der Waals surface area contributed by atoms with Crippen molar-refractivity contribution < 1.29 is 0 Å². The van der Waals surface area contributed by atoms with Crippen LogP contribution in [0.2, 0.25) is 0 Å². The topological polar surface area (TPSA) is 58.6 Å². The Kier molecular flexibility index (Phi) is 4.21. The molecule has 2 heterocycles. The molecule has 104 valence electrons. The molecular formula is C14H13BrIN3O. The van der Waals surface area contributed by atoms with E-state index in [1.807, 2.05) is 6.07 Å². The number of aromatic nitrogens is 3. The summed E-state index contributed by atoms with van der Waals surface area (Å²) in [5.74, 6) is 1.02. The van der Waals surface area contributed by atoms with Crippen LogP contribution in [0.4, 0.5) is 0 Å². The minimum Gasteiger partial charge on any atom is -0.306 e. The SMILES string of the molecule is O=c1[nH]c(-c2cncc(Br)c2)nc(C2CCCC2)c1I. The summed E-state index contributed by atoms with van der Waals surface area (Å²) in [5.41, 5.74) is 1.71. The van der Waals surface area contributed by atoms with E-state index in [1.54, 1.807) is 12.4 Å². The summed E-state index contributed by atoms with van der Waals surface area (Å²) in [6.45, 7) is 0. The Morgan fingerprint density at radius 3 is 2.75 bits per heavy atom. The Morgan fingerprint density at radius 2 is 2.05 bits per heavy atom. The molecule has 0 atom stereocenters. The molecule has 0 aliphatic heterocycles. The van der Waals surface area contributed by atoms with E-state index in [0.29, 0.717) is 11.7 Å². The van der Waals surface area contributed by atoms with Crippen LogP contribution in [0.25, 0.3) is 11.4 Å². The van der Waals surface area contributed by atoms with Gasteiger partial charge in [-0.15, -0.1) is 0 Å². The zero-order chi connectivity index (χ0) is 14.1. The number of rotatable bonds is 2. The highest BCUT2D eigenvalue weighted by atomic mass is 127. The van der Waals surface area contributed by atoms with Gasteiger partial charge < -0.3 is 4.98 Å². The zero-order valence-corrected chi connectivity index (χ0v) is 14.4. The van der Waals surface area contributed by atoms with Crippen LogP contribution in [0.3, 0.4) is 0 Å². The van der Waals surface area contributed by atoms with Gasteiger partial charge in [0.05, 0.1) is 9.26 Å². The maximum atomic E-state index is 12.1. The molecule has 6 heteroatoms. The van der Waals surface area contributed by atoms with E-state index in [1.165, 1.54) is 12.8 Å². The Hall–Kier alpha value is -0.760. The van der Waals surface area contributed by atoms with Crippen molar-refractivity contribution in [1.29, 1.82) is 0 Å². The second-order valence-corrected chi connectivity index (χ2v) is 6.98. The number of aromatic amines is 1. The van der Waals surface area contributed by atoms with Gasteiger partial charge in [-0.3, -0.25) is 9.78 Å². The summed E-state index contributed by atoms with van der Waals surface area (Å²) in [6.07, 6.45) is 8.14. The molecule has 2 aromatic heterocycles. The van der Waals surface area contributed by atoms with Gasteiger partial charge >= 0.3 is 0 Å². The van der Waals surface area contributed by atoms with Crippen molar-refractivity contribution >= 4 is 38.5 Å². The number of hydrogen-bond acceptors (Lipinski definition) is 3. The van der Waals surface area contributed by atoms with E-state index < -0.39 is 0 Å². The molecule has 0 aromatic carbocycles. The molecule has 2 aromatic rings. The molecule has 0 amide bonds. The highest BCUT2D eigenvalue weighted by molar-refractivity contribution is 14.1. The summed E-state index contributed by atoms with van der Waals surface area (Å²) in [6, 6.07) is 1.91. The van der Waals surface area contributed by atoms with Gasteiger partial charge in [-0.2, -0.15) is 0 Å². The van der Waals surface area contributed by atoms with Gasteiger partial charge in [-0.05, 0) is 57.4 Å². The van der Waals surface area contributed by atoms with Gasteiger partial charge in [0, 0.05) is 28.3 Å². The van der Waals surface area contributed by atoms with Crippen LogP contribution < -0.4 is 5.56 Å². The van der Waals surface area contributed by atoms with Gasteiger partial charge in [-0.25, -0.2) is 4.98 Å². The quantitative estimate of drug-likeness (QED) is 0.714. The molecule has 1 saturated carbocycles. The van der Waals surface area contributed by atoms with E-state index in [2.05, 4.69) is 48.5 Å². The second kappa shape index (κ2) is 5.93. The van der Waals surface area contributed by atoms with Crippen LogP contribution in [-0.4, -0.2) is 15.0 Å². The van der Waals surface area contributed by atoms with E-state index in [4.69, 9.17) is 4.98 Å². The average molecular weight is 446 g/mol. The lowest BCUT2D eigenvalue weighted by Gasteiger charge is -2.12. The number of halogens is 2. The fourth-order valence-corrected chi connectivity index (χ4v) is 3.68. The number of nitrogens with one attached hydrogen (secondary N) is 1. The monoisotopic (exact) mass is 445 g/mol. The summed E-state index contributed by atoms with van der Waals surface area (Å²) >= 11 is 5.50. The van der Waals surface area contributed by atoms with Crippen molar-refractivity contribution in [2.75, 3.05) is 0 Å². The predicted octanol–water partition coefficient (Wildman–Crippen LogP) is 3.86. The van der Waals surface area contributed by atoms with Crippen molar-refractivity contribution in [2.45, 2.75) is 31.6 Å². The highest BCUT2D eigenvalue weighted by Crippen LogP contribution is 2.34. The first-order valence-electron chi connectivity index (χ1n) is 6.56. The first kappa shape index (κ1) is 14.2. The minimum atomic E-state index is -0.0579. The summed E-state index contributed by atoms with van der Waals surface area (Å²) < 4.78 is 1.60. The zero-order valence-electron chi connectivity index (χ0n) is 10.7. The first-order chi connectivity index (χ1) is 9.65. The molecule has 1 fully saturated rings. The third-order valence-corrected chi connectivity index (χ3v) is 5.08. The molecule has 3 rings (SSSR count). The molecular weight excluding hydrogens is 433 g/mol. The van der Waals surface area contributed by atoms with Crippen LogP contribution in [0.1, 0.15) is 37.3 Å². The maximum Gasteiger partial charge on any atom is 0.264 e. The van der Waals surface area contributed by atoms with Crippen molar-refractivity contribution in [3.63, 3.8) is 0 Å². The Morgan fingerprint density at radius 1 is 1.30 bits per heavy atom. The van der Waals surface area contributed by atoms with Crippen molar-refractivity contribution in [3.8, 4) is 11.4 Å². The molecule has 0 radical (unpaired) electrons. The van der Waals surface area contributed by atoms with Crippen LogP contribution >= 0.6 is 38.5 Å². The maximum absolute atomic E-state index is 12.1. The summed E-state index contributed by atoms with van der Waals surface area (Å²) in [4.78, 5) is 23.8. The fraction of sp³-hybridized carbons (Fsp3) is 0.357. The third kappa shape index (κ3) is 2.81. The van der Waals surface area contributed by atoms with Crippen LogP contribution in [-0.2, 0) is 0 Å². The standard InChI is InChI=1S/C14H13BrIN3O/c15-10-5-9(6-17-7-10)13-18-12(8-3-1-2-4-8)11(16)14(20)19-13/h5-8H,1-4H2,(H,18,19,20). The van der Waals surface area contributed by atoms with E-state index in [0.717, 1.165) is 32.1 Å². The molecule has 1 aliphatic carbocycles. The Balaban J connectivity index is 2.11. The van der Waals surface area contributed by atoms with Crippen molar-refractivity contribution in [2.24, 2.45) is 0 Å². The number of pyridine rings is 1. The van der Waals surface area contributed by atoms with Gasteiger partial charge in [-0.1, -0.05) is 12.8 Å². The lowest BCUT2D eigenvalue weighted by molar-refractivity contribution is 0.687. The molecule has 4 nitrogen and oxygen atoms in total. The molecule has 1 N–H and O–H groups in total. The number of hydrogen-bond donors (Lipinski definition) is 1. The normalized spacial score (nSPS) is 15.7. The van der Waals surface area contributed by atoms with Gasteiger partial charge in [0.25, 0.3) is 5.56 Å². The minimum absolute atomic E-state index is 0.0579. The molecule has 20 heavy (non-hydrogen) atoms. The van der Waals surface area contributed by atoms with E-state index >= 15 is 0 Å². The lowest BCUT2D eigenvalue weighted by atomic mass is 10.0. The molecule has 0 unspecified atom stereocenters. The molecule has 0 spiro atoms. The first-order valence-corrected chi connectivity index (χ1v) is 8.43. The summed E-state index contributed by atoms with van der Waals surface area (Å²) in [5, 5.41) is 0. The van der Waals surface area contributed by atoms with E-state index in [-0.39, 0.29) is 5.56 Å². The van der Waals surface area contributed by atoms with Gasteiger partial charge in [0.1, 0.15) is 5.82 Å². The number of nitrogens with zero attached hydrogens (tertiary/aromatic N) is 2. The van der Waals surface area contributed by atoms with Crippen LogP contribution in [0.5, 0.6) is 0 Å². The lowest BCUT2D eigenvalue weighted by Crippen LogP contribution is -2.18. The average Bonchev–Trinajstić information content (AvgIpc) is 2.95. The largest absolute Gasteiger partial charge is 0.306 e. The van der Waals surface area contributed by atoms with Crippen molar-refractivity contribution in [3.05, 3.63) is 42.6 Å². The Bertz CT molecular complexity index is 695. The molecule has 1 aliphatic rings. The van der Waals surface area contributed by atoms with Gasteiger partial charge in [0.2, 0.25) is 0 Å². The smallest absolute Gasteiger partial charge is 0.264 e. The predicted molar refractivity (Wildman–Crippen MR) is 89.7 cm³/mol. The molecule has 0 saturated heterocycles. The highest BCUT2D eigenvalue weighted by Gasteiger charge is 2.23. The van der Waals surface area contributed by atoms with E-state index in [9.17, 15) is 4.79 Å².